The van der Waals surface area contributed by atoms with Crippen LogP contribution >= 0.6 is 0 Å². The second-order valence-corrected chi connectivity index (χ2v) is 9.74. The predicted molar refractivity (Wildman–Crippen MR) is 100 cm³/mol. The maximum absolute atomic E-state index is 13.1. The Hall–Kier alpha value is -1.06. The molecule has 4 heteroatoms. The van der Waals surface area contributed by atoms with Crippen molar-refractivity contribution >= 4 is 11.8 Å². The molecular weight excluding hydrogens is 324 g/mol. The van der Waals surface area contributed by atoms with Crippen molar-refractivity contribution in [3.8, 4) is 0 Å². The molecule has 0 aromatic heterocycles. The maximum Gasteiger partial charge on any atom is 0.245 e. The average molecular weight is 359 g/mol. The first-order valence-corrected chi connectivity index (χ1v) is 11.3. The van der Waals surface area contributed by atoms with Crippen LogP contribution in [-0.4, -0.2) is 46.8 Å². The fourth-order valence-electron chi connectivity index (χ4n) is 6.31. The quantitative estimate of drug-likeness (QED) is 0.698. The molecule has 3 atom stereocenters. The van der Waals surface area contributed by atoms with Crippen molar-refractivity contribution < 1.29 is 9.59 Å². The van der Waals surface area contributed by atoms with Crippen molar-refractivity contribution in [1.29, 1.82) is 0 Å². The van der Waals surface area contributed by atoms with E-state index >= 15 is 0 Å². The van der Waals surface area contributed by atoms with E-state index in [9.17, 15) is 9.59 Å². The van der Waals surface area contributed by atoms with Gasteiger partial charge in [0.1, 0.15) is 6.04 Å². The van der Waals surface area contributed by atoms with Gasteiger partial charge in [0.15, 0.2) is 0 Å². The van der Waals surface area contributed by atoms with Gasteiger partial charge in [-0.2, -0.15) is 0 Å². The number of carbonyl (C=O) groups is 2. The highest BCUT2D eigenvalue weighted by Gasteiger charge is 2.52. The Morgan fingerprint density at radius 1 is 0.923 bits per heavy atom. The second-order valence-electron chi connectivity index (χ2n) is 9.74. The van der Waals surface area contributed by atoms with Crippen LogP contribution in [0.4, 0.5) is 0 Å². The second kappa shape index (κ2) is 6.83. The Kier molecular flexibility index (Phi) is 4.48. The van der Waals surface area contributed by atoms with Crippen LogP contribution in [0, 0.1) is 23.7 Å². The fraction of sp³-hybridized carbons (Fsp3) is 0.909. The van der Waals surface area contributed by atoms with E-state index in [1.165, 1.54) is 32.1 Å². The molecule has 5 rings (SSSR count). The van der Waals surface area contributed by atoms with E-state index in [-0.39, 0.29) is 17.9 Å². The molecule has 2 bridgehead atoms. The maximum atomic E-state index is 13.1. The van der Waals surface area contributed by atoms with Crippen LogP contribution in [0.2, 0.25) is 0 Å². The van der Waals surface area contributed by atoms with E-state index in [0.29, 0.717) is 18.4 Å². The Morgan fingerprint density at radius 2 is 1.62 bits per heavy atom. The molecule has 2 amide bonds. The number of nitrogens with zero attached hydrogens (tertiary/aromatic N) is 2. The minimum absolute atomic E-state index is 0.123. The van der Waals surface area contributed by atoms with E-state index in [1.54, 1.807) is 0 Å². The van der Waals surface area contributed by atoms with Gasteiger partial charge >= 0.3 is 0 Å². The lowest BCUT2D eigenvalue weighted by Gasteiger charge is -2.36. The number of rotatable bonds is 7. The third kappa shape index (κ3) is 3.18. The molecule has 0 aromatic carbocycles. The summed E-state index contributed by atoms with van der Waals surface area (Å²) in [5.74, 6) is 3.83. The number of hydrogen-bond acceptors (Lipinski definition) is 2. The topological polar surface area (TPSA) is 40.6 Å². The zero-order valence-corrected chi connectivity index (χ0v) is 16.1. The van der Waals surface area contributed by atoms with Gasteiger partial charge in [-0.15, -0.1) is 0 Å². The van der Waals surface area contributed by atoms with Crippen LogP contribution < -0.4 is 0 Å². The van der Waals surface area contributed by atoms with Crippen LogP contribution in [0.3, 0.4) is 0 Å². The average Bonchev–Trinajstić information content (AvgIpc) is 3.53. The lowest BCUT2D eigenvalue weighted by atomic mass is 9.91. The Morgan fingerprint density at radius 3 is 2.27 bits per heavy atom. The van der Waals surface area contributed by atoms with Crippen molar-refractivity contribution in [3.05, 3.63) is 0 Å². The van der Waals surface area contributed by atoms with Crippen molar-refractivity contribution in [2.45, 2.75) is 89.1 Å². The first-order chi connectivity index (χ1) is 12.7. The van der Waals surface area contributed by atoms with E-state index < -0.39 is 0 Å². The Labute approximate surface area is 157 Å². The molecular formula is C22H34N2O2. The van der Waals surface area contributed by atoms with Crippen molar-refractivity contribution in [1.82, 2.24) is 9.80 Å². The summed E-state index contributed by atoms with van der Waals surface area (Å²) in [5.41, 5.74) is 0. The molecule has 5 fully saturated rings. The molecule has 0 radical (unpaired) electrons. The lowest BCUT2D eigenvalue weighted by Crippen LogP contribution is -2.53. The number of hydrogen-bond donors (Lipinski definition) is 0. The molecule has 2 unspecified atom stereocenters. The highest BCUT2D eigenvalue weighted by atomic mass is 16.2. The zero-order chi connectivity index (χ0) is 17.7. The first-order valence-electron chi connectivity index (χ1n) is 11.3. The Bertz CT molecular complexity index is 550. The molecule has 4 nitrogen and oxygen atoms in total. The standard InChI is InChI=1S/C22H34N2O2/c25-20(5-3-4-19(15-6-7-15)16-8-9-16)24-18-11-10-17(14-18)21(24)22(26)23-12-1-2-13-23/h15-19,21H,1-14H2/t17?,18?,21-/m0/s1. The van der Waals surface area contributed by atoms with Crippen molar-refractivity contribution in [2.24, 2.45) is 23.7 Å². The molecule has 0 aromatic rings. The van der Waals surface area contributed by atoms with Crippen molar-refractivity contribution in [3.63, 3.8) is 0 Å². The van der Waals surface area contributed by atoms with Gasteiger partial charge in [0, 0.05) is 25.6 Å². The molecule has 2 aliphatic heterocycles. The van der Waals surface area contributed by atoms with E-state index in [1.807, 2.05) is 4.90 Å². The minimum atomic E-state index is -0.123. The summed E-state index contributed by atoms with van der Waals surface area (Å²) in [5, 5.41) is 0. The molecule has 3 aliphatic carbocycles. The van der Waals surface area contributed by atoms with Crippen LogP contribution in [0.1, 0.15) is 77.0 Å². The van der Waals surface area contributed by atoms with Crippen LogP contribution in [0.25, 0.3) is 0 Å². The van der Waals surface area contributed by atoms with Gasteiger partial charge < -0.3 is 9.80 Å². The SMILES string of the molecule is O=C([C@@H]1C2CCC(C2)N1C(=O)CCCC(C1CC1)C1CC1)N1CCCC1. The smallest absolute Gasteiger partial charge is 0.245 e. The summed E-state index contributed by atoms with van der Waals surface area (Å²) in [6.07, 6.45) is 14.3. The molecule has 0 N–H and O–H groups in total. The minimum Gasteiger partial charge on any atom is -0.341 e. The van der Waals surface area contributed by atoms with Crippen LogP contribution in [0.5, 0.6) is 0 Å². The van der Waals surface area contributed by atoms with Gasteiger partial charge in [-0.05, 0) is 94.3 Å². The summed E-state index contributed by atoms with van der Waals surface area (Å²) in [6, 6.07) is 0.230. The first kappa shape index (κ1) is 17.1. The summed E-state index contributed by atoms with van der Waals surface area (Å²) >= 11 is 0. The Balaban J connectivity index is 1.19. The number of carbonyl (C=O) groups excluding carboxylic acids is 2. The van der Waals surface area contributed by atoms with Gasteiger partial charge in [0.25, 0.3) is 0 Å². The number of fused-ring (bicyclic) bond motifs is 2. The molecule has 0 spiro atoms. The summed E-state index contributed by atoms with van der Waals surface area (Å²) in [6.45, 7) is 1.80. The summed E-state index contributed by atoms with van der Waals surface area (Å²) in [4.78, 5) is 30.2. The monoisotopic (exact) mass is 358 g/mol. The third-order valence-corrected chi connectivity index (χ3v) is 7.93. The van der Waals surface area contributed by atoms with Gasteiger partial charge in [0.05, 0.1) is 0 Å². The molecule has 144 valence electrons. The molecule has 5 aliphatic rings. The van der Waals surface area contributed by atoms with E-state index in [2.05, 4.69) is 4.90 Å². The normalized spacial score (nSPS) is 33.5. The highest BCUT2D eigenvalue weighted by molar-refractivity contribution is 5.89. The van der Waals surface area contributed by atoms with Gasteiger partial charge in [-0.25, -0.2) is 0 Å². The van der Waals surface area contributed by atoms with Crippen molar-refractivity contribution in [2.75, 3.05) is 13.1 Å². The van der Waals surface area contributed by atoms with Gasteiger partial charge in [-0.3, -0.25) is 9.59 Å². The van der Waals surface area contributed by atoms with Crippen LogP contribution in [0.15, 0.2) is 0 Å². The number of likely N-dealkylation sites (tertiary alicyclic amines) is 2. The molecule has 26 heavy (non-hydrogen) atoms. The van der Waals surface area contributed by atoms with Gasteiger partial charge in [-0.1, -0.05) is 0 Å². The molecule has 3 saturated carbocycles. The van der Waals surface area contributed by atoms with E-state index in [4.69, 9.17) is 0 Å². The zero-order valence-electron chi connectivity index (χ0n) is 16.1. The third-order valence-electron chi connectivity index (χ3n) is 7.93. The summed E-state index contributed by atoms with van der Waals surface area (Å²) in [7, 11) is 0. The largest absolute Gasteiger partial charge is 0.341 e. The fourth-order valence-corrected chi connectivity index (χ4v) is 6.31. The lowest BCUT2D eigenvalue weighted by molar-refractivity contribution is -0.147. The number of piperidine rings is 1. The molecule has 2 heterocycles. The van der Waals surface area contributed by atoms with Gasteiger partial charge in [0.2, 0.25) is 11.8 Å². The van der Waals surface area contributed by atoms with Crippen LogP contribution in [-0.2, 0) is 9.59 Å². The molecule has 2 saturated heterocycles. The highest BCUT2D eigenvalue weighted by Crippen LogP contribution is 2.51. The predicted octanol–water partition coefficient (Wildman–Crippen LogP) is 3.59. The van der Waals surface area contributed by atoms with E-state index in [0.717, 1.165) is 69.4 Å². The number of amides is 2. The summed E-state index contributed by atoms with van der Waals surface area (Å²) < 4.78 is 0.